The lowest BCUT2D eigenvalue weighted by atomic mass is 9.91. The first-order valence-electron chi connectivity index (χ1n) is 9.58. The van der Waals surface area contributed by atoms with Crippen molar-refractivity contribution in [2.45, 2.75) is 19.0 Å². The van der Waals surface area contributed by atoms with Crippen molar-refractivity contribution in [3.05, 3.63) is 53.6 Å². The molecular formula is C22H25N3O6. The van der Waals surface area contributed by atoms with Crippen LogP contribution in [0.3, 0.4) is 0 Å². The topological polar surface area (TPSA) is 106 Å². The molecule has 1 atom stereocenters. The van der Waals surface area contributed by atoms with Gasteiger partial charge in [0.25, 0.3) is 5.91 Å². The van der Waals surface area contributed by atoms with E-state index in [-0.39, 0.29) is 6.54 Å². The van der Waals surface area contributed by atoms with Crippen molar-refractivity contribution in [3.8, 4) is 17.2 Å². The molecule has 3 rings (SSSR count). The summed E-state index contributed by atoms with van der Waals surface area (Å²) in [6.45, 7) is 1.44. The minimum Gasteiger partial charge on any atom is -0.497 e. The number of methoxy groups -OCH3 is 3. The van der Waals surface area contributed by atoms with Gasteiger partial charge < -0.3 is 24.8 Å². The number of amides is 4. The predicted octanol–water partition coefficient (Wildman–Crippen LogP) is 1.80. The number of hydrogen-bond acceptors (Lipinski definition) is 6. The van der Waals surface area contributed by atoms with E-state index in [9.17, 15) is 14.4 Å². The van der Waals surface area contributed by atoms with Crippen LogP contribution in [0.15, 0.2) is 42.5 Å². The Balaban J connectivity index is 1.70. The normalized spacial score (nSPS) is 17.9. The molecule has 2 N–H and O–H groups in total. The van der Waals surface area contributed by atoms with Gasteiger partial charge >= 0.3 is 6.03 Å². The molecule has 1 aliphatic heterocycles. The smallest absolute Gasteiger partial charge is 0.325 e. The summed E-state index contributed by atoms with van der Waals surface area (Å²) in [5.74, 6) is 0.619. The quantitative estimate of drug-likeness (QED) is 0.623. The summed E-state index contributed by atoms with van der Waals surface area (Å²) in [5, 5.41) is 5.39. The number of rotatable bonds is 8. The first kappa shape index (κ1) is 21.9. The van der Waals surface area contributed by atoms with Gasteiger partial charge in [-0.15, -0.1) is 0 Å². The summed E-state index contributed by atoms with van der Waals surface area (Å²) in [4.78, 5) is 38.8. The number of nitrogens with zero attached hydrogens (tertiary/aromatic N) is 1. The van der Waals surface area contributed by atoms with Crippen molar-refractivity contribution in [3.63, 3.8) is 0 Å². The number of imide groups is 1. The molecule has 0 bridgehead atoms. The summed E-state index contributed by atoms with van der Waals surface area (Å²) in [7, 11) is 4.55. The van der Waals surface area contributed by atoms with Gasteiger partial charge in [-0.25, -0.2) is 4.79 Å². The molecule has 2 aromatic carbocycles. The average Bonchev–Trinajstić information content (AvgIpc) is 3.01. The molecule has 1 fully saturated rings. The highest BCUT2D eigenvalue weighted by Gasteiger charge is 2.49. The Bertz CT molecular complexity index is 1010. The van der Waals surface area contributed by atoms with E-state index in [1.807, 2.05) is 12.1 Å². The molecule has 0 aliphatic carbocycles. The van der Waals surface area contributed by atoms with Gasteiger partial charge in [-0.2, -0.15) is 0 Å². The van der Waals surface area contributed by atoms with E-state index < -0.39 is 29.9 Å². The molecule has 9 heteroatoms. The van der Waals surface area contributed by atoms with Crippen LogP contribution >= 0.6 is 0 Å². The molecule has 1 aliphatic rings. The number of carbonyl (C=O) groups excluding carboxylic acids is 3. The fraction of sp³-hybridized carbons (Fsp3) is 0.318. The second-order valence-corrected chi connectivity index (χ2v) is 7.14. The van der Waals surface area contributed by atoms with Gasteiger partial charge in [0, 0.05) is 6.54 Å². The zero-order valence-electron chi connectivity index (χ0n) is 17.9. The Labute approximate surface area is 180 Å². The highest BCUT2D eigenvalue weighted by Crippen LogP contribution is 2.35. The van der Waals surface area contributed by atoms with E-state index in [1.54, 1.807) is 44.4 Å². The van der Waals surface area contributed by atoms with Crippen LogP contribution in [0, 0.1) is 0 Å². The molecule has 2 aromatic rings. The van der Waals surface area contributed by atoms with Crippen molar-refractivity contribution in [2.24, 2.45) is 0 Å². The second kappa shape index (κ2) is 8.95. The lowest BCUT2D eigenvalue weighted by Gasteiger charge is -2.23. The molecule has 31 heavy (non-hydrogen) atoms. The van der Waals surface area contributed by atoms with Crippen molar-refractivity contribution in [1.82, 2.24) is 15.5 Å². The molecule has 164 valence electrons. The highest BCUT2D eigenvalue weighted by atomic mass is 16.5. The third kappa shape index (κ3) is 4.40. The third-order valence-electron chi connectivity index (χ3n) is 5.16. The zero-order chi connectivity index (χ0) is 22.6. The number of ether oxygens (including phenoxy) is 3. The standard InChI is InChI=1S/C22H25N3O6/c1-22(15-8-9-17(30-3)18(11-15)31-4)20(27)25(21(28)24-22)13-19(26)23-12-14-6-5-7-16(10-14)29-2/h5-11H,12-13H2,1-4H3,(H,23,26)(H,24,28). The molecule has 0 spiro atoms. The first-order valence-corrected chi connectivity index (χ1v) is 9.58. The van der Waals surface area contributed by atoms with E-state index in [0.717, 1.165) is 10.5 Å². The van der Waals surface area contributed by atoms with E-state index in [2.05, 4.69) is 10.6 Å². The van der Waals surface area contributed by atoms with Crippen molar-refractivity contribution in [2.75, 3.05) is 27.9 Å². The summed E-state index contributed by atoms with van der Waals surface area (Å²) in [6, 6.07) is 11.6. The van der Waals surface area contributed by atoms with E-state index in [1.165, 1.54) is 14.2 Å². The van der Waals surface area contributed by atoms with Crippen LogP contribution < -0.4 is 24.8 Å². The molecule has 0 radical (unpaired) electrons. The zero-order valence-corrected chi connectivity index (χ0v) is 17.9. The minimum absolute atomic E-state index is 0.243. The van der Waals surface area contributed by atoms with Gasteiger partial charge in [0.1, 0.15) is 17.8 Å². The van der Waals surface area contributed by atoms with Crippen LogP contribution in [-0.4, -0.2) is 50.6 Å². The molecule has 1 heterocycles. The summed E-state index contributed by atoms with van der Waals surface area (Å²) in [6.07, 6.45) is 0. The largest absolute Gasteiger partial charge is 0.497 e. The Kier molecular flexibility index (Phi) is 6.33. The van der Waals surface area contributed by atoms with Gasteiger partial charge in [-0.05, 0) is 42.3 Å². The second-order valence-electron chi connectivity index (χ2n) is 7.14. The van der Waals surface area contributed by atoms with Gasteiger partial charge in [-0.3, -0.25) is 14.5 Å². The predicted molar refractivity (Wildman–Crippen MR) is 112 cm³/mol. The number of hydrogen-bond donors (Lipinski definition) is 2. The van der Waals surface area contributed by atoms with Gasteiger partial charge in [0.05, 0.1) is 21.3 Å². The van der Waals surface area contributed by atoms with Crippen LogP contribution in [0.25, 0.3) is 0 Å². The monoisotopic (exact) mass is 427 g/mol. The molecule has 0 saturated carbocycles. The Hall–Kier alpha value is -3.75. The maximum absolute atomic E-state index is 13.1. The van der Waals surface area contributed by atoms with Crippen molar-refractivity contribution in [1.29, 1.82) is 0 Å². The van der Waals surface area contributed by atoms with Crippen LogP contribution in [0.4, 0.5) is 4.79 Å². The minimum atomic E-state index is -1.33. The average molecular weight is 427 g/mol. The number of urea groups is 1. The Morgan fingerprint density at radius 2 is 1.77 bits per heavy atom. The molecule has 4 amide bonds. The Morgan fingerprint density at radius 3 is 2.45 bits per heavy atom. The summed E-state index contributed by atoms with van der Waals surface area (Å²) >= 11 is 0. The van der Waals surface area contributed by atoms with Crippen LogP contribution in [-0.2, 0) is 21.7 Å². The fourth-order valence-electron chi connectivity index (χ4n) is 3.37. The van der Waals surface area contributed by atoms with Crippen LogP contribution in [0.1, 0.15) is 18.1 Å². The number of carbonyl (C=O) groups is 3. The van der Waals surface area contributed by atoms with E-state index in [4.69, 9.17) is 14.2 Å². The van der Waals surface area contributed by atoms with Crippen molar-refractivity contribution < 1.29 is 28.6 Å². The fourth-order valence-corrected chi connectivity index (χ4v) is 3.37. The Morgan fingerprint density at radius 1 is 1.03 bits per heavy atom. The first-order chi connectivity index (χ1) is 14.8. The molecule has 1 saturated heterocycles. The molecule has 0 aromatic heterocycles. The molecule has 1 unspecified atom stereocenters. The van der Waals surface area contributed by atoms with Crippen molar-refractivity contribution >= 4 is 17.8 Å². The SMILES string of the molecule is COc1cccc(CNC(=O)CN2C(=O)NC(C)(c3ccc(OC)c(OC)c3)C2=O)c1. The highest BCUT2D eigenvalue weighted by molar-refractivity contribution is 6.09. The summed E-state index contributed by atoms with van der Waals surface area (Å²) < 4.78 is 15.7. The van der Waals surface area contributed by atoms with Crippen LogP contribution in [0.5, 0.6) is 17.2 Å². The van der Waals surface area contributed by atoms with Gasteiger partial charge in [0.2, 0.25) is 5.91 Å². The third-order valence-corrected chi connectivity index (χ3v) is 5.16. The lowest BCUT2D eigenvalue weighted by molar-refractivity contribution is -0.134. The van der Waals surface area contributed by atoms with E-state index in [0.29, 0.717) is 22.8 Å². The molecular weight excluding hydrogens is 402 g/mol. The lowest BCUT2D eigenvalue weighted by Crippen LogP contribution is -2.43. The number of benzene rings is 2. The van der Waals surface area contributed by atoms with E-state index >= 15 is 0 Å². The van der Waals surface area contributed by atoms with Crippen LogP contribution in [0.2, 0.25) is 0 Å². The number of nitrogens with one attached hydrogen (secondary N) is 2. The molecule has 9 nitrogen and oxygen atoms in total. The van der Waals surface area contributed by atoms with Gasteiger partial charge in [-0.1, -0.05) is 18.2 Å². The maximum Gasteiger partial charge on any atom is 0.325 e. The maximum atomic E-state index is 13.1. The van der Waals surface area contributed by atoms with Gasteiger partial charge in [0.15, 0.2) is 11.5 Å². The summed E-state index contributed by atoms with van der Waals surface area (Å²) in [5.41, 5.74) is 0.0202.